The Hall–Kier alpha value is -1.46. The first kappa shape index (κ1) is 13.6. The van der Waals surface area contributed by atoms with Crippen LogP contribution in [-0.4, -0.2) is 19.1 Å². The molecule has 0 heterocycles. The van der Waals surface area contributed by atoms with Gasteiger partial charge in [-0.1, -0.05) is 11.6 Å². The van der Waals surface area contributed by atoms with E-state index in [0.29, 0.717) is 17.1 Å². The molecular weight excluding hydrogens is 269 g/mol. The average molecular weight is 278 g/mol. The van der Waals surface area contributed by atoms with Crippen LogP contribution in [0, 0.1) is 10.1 Å². The number of hydrogen-bond acceptors (Lipinski definition) is 4. The molecule has 1 rings (SSSR count). The van der Waals surface area contributed by atoms with Gasteiger partial charge < -0.3 is 9.47 Å². The van der Waals surface area contributed by atoms with Gasteiger partial charge in [0, 0.05) is 17.7 Å². The van der Waals surface area contributed by atoms with Crippen molar-refractivity contribution in [3.63, 3.8) is 0 Å². The summed E-state index contributed by atoms with van der Waals surface area (Å²) in [6.07, 6.45) is 1.14. The molecule has 0 aliphatic rings. The van der Waals surface area contributed by atoms with Crippen LogP contribution in [0.3, 0.4) is 0 Å². The van der Waals surface area contributed by atoms with E-state index in [0.717, 1.165) is 6.08 Å². The summed E-state index contributed by atoms with van der Waals surface area (Å²) in [6, 6.07) is 3.00. The molecule has 7 heteroatoms. The van der Waals surface area contributed by atoms with E-state index in [4.69, 9.17) is 32.7 Å². The van der Waals surface area contributed by atoms with Gasteiger partial charge in [0.1, 0.15) is 0 Å². The third-order valence-electron chi connectivity index (χ3n) is 1.95. The van der Waals surface area contributed by atoms with Crippen molar-refractivity contribution in [2.24, 2.45) is 0 Å². The van der Waals surface area contributed by atoms with Gasteiger partial charge in [-0.15, -0.1) is 0 Å². The summed E-state index contributed by atoms with van der Waals surface area (Å²) >= 11 is 11.3. The Morgan fingerprint density at radius 2 is 1.88 bits per heavy atom. The molecule has 1 aromatic carbocycles. The number of rotatable bonds is 4. The Kier molecular flexibility index (Phi) is 4.60. The number of hydrogen-bond donors (Lipinski definition) is 0. The first-order valence-corrected chi connectivity index (χ1v) is 5.18. The lowest BCUT2D eigenvalue weighted by atomic mass is 10.2. The van der Waals surface area contributed by atoms with Gasteiger partial charge in [-0.3, -0.25) is 10.1 Å². The predicted octanol–water partition coefficient (Wildman–Crippen LogP) is 3.17. The van der Waals surface area contributed by atoms with Crippen molar-refractivity contribution in [3.05, 3.63) is 38.0 Å². The molecule has 0 atom stereocenters. The van der Waals surface area contributed by atoms with E-state index in [2.05, 4.69) is 0 Å². The van der Waals surface area contributed by atoms with Crippen LogP contribution < -0.4 is 9.47 Å². The smallest absolute Gasteiger partial charge is 0.337 e. The molecule has 0 amide bonds. The quantitative estimate of drug-likeness (QED) is 0.482. The molecule has 0 radical (unpaired) electrons. The second-order valence-electron chi connectivity index (χ2n) is 2.95. The van der Waals surface area contributed by atoms with Crippen LogP contribution in [0.15, 0.2) is 17.3 Å². The van der Waals surface area contributed by atoms with Gasteiger partial charge in [-0.05, 0) is 17.7 Å². The highest BCUT2D eigenvalue weighted by Crippen LogP contribution is 2.34. The van der Waals surface area contributed by atoms with E-state index in [1.54, 1.807) is 0 Å². The maximum absolute atomic E-state index is 10.4. The van der Waals surface area contributed by atoms with Crippen molar-refractivity contribution in [3.8, 4) is 11.5 Å². The Labute approximate surface area is 108 Å². The minimum atomic E-state index is -0.714. The third kappa shape index (κ3) is 3.25. The van der Waals surface area contributed by atoms with Crippen LogP contribution in [0.25, 0.3) is 6.08 Å². The second kappa shape index (κ2) is 5.75. The van der Waals surface area contributed by atoms with Gasteiger partial charge in [0.05, 0.1) is 24.2 Å². The fourth-order valence-corrected chi connectivity index (χ4v) is 1.49. The maximum atomic E-state index is 10.4. The zero-order valence-electron chi connectivity index (χ0n) is 9.07. The minimum Gasteiger partial charge on any atom is -0.493 e. The summed E-state index contributed by atoms with van der Waals surface area (Å²) in [5.41, 5.74) is 0.381. The van der Waals surface area contributed by atoms with Crippen molar-refractivity contribution in [1.82, 2.24) is 0 Å². The van der Waals surface area contributed by atoms with Crippen molar-refractivity contribution < 1.29 is 14.4 Å². The Balaban J connectivity index is 3.26. The molecule has 0 saturated carbocycles. The molecule has 17 heavy (non-hydrogen) atoms. The lowest BCUT2D eigenvalue weighted by Gasteiger charge is -2.09. The molecule has 0 aliphatic carbocycles. The highest BCUT2D eigenvalue weighted by Gasteiger charge is 2.12. The summed E-state index contributed by atoms with van der Waals surface area (Å²) < 4.78 is 10.1. The molecular formula is C10H9Cl2NO4. The lowest BCUT2D eigenvalue weighted by Crippen LogP contribution is -1.94. The van der Waals surface area contributed by atoms with E-state index < -0.39 is 10.1 Å². The number of methoxy groups -OCH3 is 2. The molecule has 0 fully saturated rings. The molecule has 0 aromatic heterocycles. The first-order valence-electron chi connectivity index (χ1n) is 4.42. The maximum Gasteiger partial charge on any atom is 0.337 e. The van der Waals surface area contributed by atoms with E-state index in [9.17, 15) is 10.1 Å². The molecule has 5 nitrogen and oxygen atoms in total. The second-order valence-corrected chi connectivity index (χ2v) is 3.75. The first-order chi connectivity index (χ1) is 7.99. The molecule has 0 spiro atoms. The standard InChI is InChI=1S/C10H9Cl2NO4/c1-16-8-3-6(4-10(12)13(14)15)7(11)5-9(8)17-2/h3-5H,1-2H3. The number of halogens is 2. The topological polar surface area (TPSA) is 61.6 Å². The molecule has 0 saturated heterocycles. The van der Waals surface area contributed by atoms with E-state index >= 15 is 0 Å². The summed E-state index contributed by atoms with van der Waals surface area (Å²) in [6.45, 7) is 0. The van der Waals surface area contributed by atoms with Gasteiger partial charge in [0.25, 0.3) is 0 Å². The summed E-state index contributed by atoms with van der Waals surface area (Å²) in [5.74, 6) is 0.850. The van der Waals surface area contributed by atoms with Crippen molar-refractivity contribution >= 4 is 29.3 Å². The molecule has 92 valence electrons. The SMILES string of the molecule is COc1cc(Cl)c(C=C(Cl)[N+](=O)[O-])cc1OC. The van der Waals surface area contributed by atoms with E-state index in [1.165, 1.54) is 26.4 Å². The zero-order valence-corrected chi connectivity index (χ0v) is 10.6. The molecule has 0 aliphatic heterocycles. The van der Waals surface area contributed by atoms with Gasteiger partial charge in [0.15, 0.2) is 11.5 Å². The summed E-state index contributed by atoms with van der Waals surface area (Å²) in [7, 11) is 2.92. The zero-order chi connectivity index (χ0) is 13.0. The van der Waals surface area contributed by atoms with E-state index in [-0.39, 0.29) is 5.02 Å². The molecule has 0 bridgehead atoms. The van der Waals surface area contributed by atoms with Crippen LogP contribution in [0.1, 0.15) is 5.56 Å². The largest absolute Gasteiger partial charge is 0.493 e. The van der Waals surface area contributed by atoms with Gasteiger partial charge >= 0.3 is 5.16 Å². The van der Waals surface area contributed by atoms with Crippen LogP contribution in [-0.2, 0) is 0 Å². The number of nitro groups is 1. The van der Waals surface area contributed by atoms with Crippen LogP contribution in [0.5, 0.6) is 11.5 Å². The Morgan fingerprint density at radius 1 is 1.35 bits per heavy atom. The van der Waals surface area contributed by atoms with Gasteiger partial charge in [-0.2, -0.15) is 0 Å². The highest BCUT2D eigenvalue weighted by atomic mass is 35.5. The van der Waals surface area contributed by atoms with Crippen LogP contribution >= 0.6 is 23.2 Å². The van der Waals surface area contributed by atoms with E-state index in [1.807, 2.05) is 0 Å². The van der Waals surface area contributed by atoms with Gasteiger partial charge in [0.2, 0.25) is 0 Å². The fourth-order valence-electron chi connectivity index (χ4n) is 1.16. The average Bonchev–Trinajstić information content (AvgIpc) is 2.30. The van der Waals surface area contributed by atoms with Crippen LogP contribution in [0.4, 0.5) is 0 Å². The number of benzene rings is 1. The van der Waals surface area contributed by atoms with Crippen LogP contribution in [0.2, 0.25) is 5.02 Å². The third-order valence-corrected chi connectivity index (χ3v) is 2.53. The van der Waals surface area contributed by atoms with Crippen molar-refractivity contribution in [1.29, 1.82) is 0 Å². The number of nitrogens with zero attached hydrogens (tertiary/aromatic N) is 1. The monoisotopic (exact) mass is 277 g/mol. The van der Waals surface area contributed by atoms with Gasteiger partial charge in [-0.25, -0.2) is 0 Å². The minimum absolute atomic E-state index is 0.280. The normalized spacial score (nSPS) is 11.2. The molecule has 0 N–H and O–H groups in total. The fraction of sp³-hybridized carbons (Fsp3) is 0.200. The highest BCUT2D eigenvalue weighted by molar-refractivity contribution is 6.33. The Morgan fingerprint density at radius 3 is 2.35 bits per heavy atom. The Bertz CT molecular complexity index is 474. The number of ether oxygens (including phenoxy) is 2. The predicted molar refractivity (Wildman–Crippen MR) is 65.4 cm³/mol. The van der Waals surface area contributed by atoms with Crippen molar-refractivity contribution in [2.45, 2.75) is 0 Å². The molecule has 0 unspecified atom stereocenters. The molecule has 1 aromatic rings. The summed E-state index contributed by atoms with van der Waals surface area (Å²) in [4.78, 5) is 9.69. The summed E-state index contributed by atoms with van der Waals surface area (Å²) in [5, 5.41) is 10.2. The van der Waals surface area contributed by atoms with Crippen molar-refractivity contribution in [2.75, 3.05) is 14.2 Å². The lowest BCUT2D eigenvalue weighted by molar-refractivity contribution is -0.410.